The van der Waals surface area contributed by atoms with E-state index in [1.807, 2.05) is 32.0 Å². The van der Waals surface area contributed by atoms with Gasteiger partial charge in [-0.3, -0.25) is 9.78 Å². The zero-order chi connectivity index (χ0) is 15.6. The van der Waals surface area contributed by atoms with Crippen LogP contribution in [0.25, 0.3) is 0 Å². The summed E-state index contributed by atoms with van der Waals surface area (Å²) in [6.45, 7) is 3.85. The number of hydrogen-bond donors (Lipinski definition) is 1. The molecule has 0 bridgehead atoms. The highest BCUT2D eigenvalue weighted by atomic mass is 79.9. The fraction of sp³-hybridized carbons (Fsp3) is 0.250. The van der Waals surface area contributed by atoms with Crippen LogP contribution in [0.5, 0.6) is 0 Å². The Bertz CT molecular complexity index is 658. The van der Waals surface area contributed by atoms with Crippen LogP contribution < -0.4 is 5.73 Å². The number of nitrogens with two attached hydrogens (primary N) is 1. The van der Waals surface area contributed by atoms with Gasteiger partial charge in [-0.25, -0.2) is 0 Å². The number of nitrogen functional groups attached to an aromatic ring is 1. The van der Waals surface area contributed by atoms with E-state index in [4.69, 9.17) is 5.73 Å². The molecule has 0 aliphatic carbocycles. The van der Waals surface area contributed by atoms with Crippen LogP contribution in [-0.4, -0.2) is 22.8 Å². The molecule has 0 spiro atoms. The Hall–Kier alpha value is -1.88. The van der Waals surface area contributed by atoms with Crippen molar-refractivity contribution in [1.29, 1.82) is 0 Å². The largest absolute Gasteiger partial charge is 0.398 e. The SMILES string of the molecule is Cc1c(N)cc(Br)cc1C(=O)N(C)C(C)c1ccncc1. The standard InChI is InChI=1S/C16H18BrN3O/c1-10-14(8-13(17)9-15(10)18)16(21)20(3)11(2)12-4-6-19-7-5-12/h4-9,11H,18H2,1-3H3. The van der Waals surface area contributed by atoms with Crippen LogP contribution in [0.2, 0.25) is 0 Å². The number of carbonyl (C=O) groups is 1. The Morgan fingerprint density at radius 2 is 1.95 bits per heavy atom. The van der Waals surface area contributed by atoms with Crippen molar-refractivity contribution in [2.24, 2.45) is 0 Å². The van der Waals surface area contributed by atoms with Crippen molar-refractivity contribution in [1.82, 2.24) is 9.88 Å². The highest BCUT2D eigenvalue weighted by molar-refractivity contribution is 9.10. The Balaban J connectivity index is 2.32. The van der Waals surface area contributed by atoms with Gasteiger partial charge in [0.1, 0.15) is 0 Å². The van der Waals surface area contributed by atoms with Crippen molar-refractivity contribution in [2.75, 3.05) is 12.8 Å². The number of hydrogen-bond acceptors (Lipinski definition) is 3. The van der Waals surface area contributed by atoms with Gasteiger partial charge in [0.15, 0.2) is 0 Å². The van der Waals surface area contributed by atoms with Crippen LogP contribution in [0.1, 0.15) is 34.5 Å². The van der Waals surface area contributed by atoms with E-state index in [0.717, 1.165) is 15.6 Å². The molecule has 0 saturated heterocycles. The second-order valence-electron chi connectivity index (χ2n) is 5.04. The monoisotopic (exact) mass is 347 g/mol. The van der Waals surface area contributed by atoms with Crippen LogP contribution >= 0.6 is 15.9 Å². The first-order chi connectivity index (χ1) is 9.91. The summed E-state index contributed by atoms with van der Waals surface area (Å²) in [4.78, 5) is 18.4. The number of pyridine rings is 1. The van der Waals surface area contributed by atoms with Crippen molar-refractivity contribution in [2.45, 2.75) is 19.9 Å². The van der Waals surface area contributed by atoms with E-state index < -0.39 is 0 Å². The second kappa shape index (κ2) is 6.26. The molecule has 1 heterocycles. The lowest BCUT2D eigenvalue weighted by Gasteiger charge is -2.26. The minimum atomic E-state index is -0.0511. The van der Waals surface area contributed by atoms with Gasteiger partial charge in [-0.15, -0.1) is 0 Å². The van der Waals surface area contributed by atoms with Crippen molar-refractivity contribution >= 4 is 27.5 Å². The quantitative estimate of drug-likeness (QED) is 0.863. The molecule has 0 radical (unpaired) electrons. The zero-order valence-corrected chi connectivity index (χ0v) is 13.9. The first kappa shape index (κ1) is 15.5. The maximum atomic E-state index is 12.7. The topological polar surface area (TPSA) is 59.2 Å². The van der Waals surface area contributed by atoms with Crippen molar-refractivity contribution in [3.8, 4) is 0 Å². The number of amides is 1. The van der Waals surface area contributed by atoms with Gasteiger partial charge < -0.3 is 10.6 Å². The van der Waals surface area contributed by atoms with Crippen LogP contribution in [0, 0.1) is 6.92 Å². The molecule has 2 aromatic rings. The molecule has 2 rings (SSSR count). The third-order valence-electron chi connectivity index (χ3n) is 3.73. The van der Waals surface area contributed by atoms with Gasteiger partial charge in [0.05, 0.1) is 6.04 Å². The van der Waals surface area contributed by atoms with E-state index in [-0.39, 0.29) is 11.9 Å². The van der Waals surface area contributed by atoms with Crippen LogP contribution in [0.3, 0.4) is 0 Å². The average Bonchev–Trinajstić information content (AvgIpc) is 2.49. The highest BCUT2D eigenvalue weighted by Crippen LogP contribution is 2.26. The van der Waals surface area contributed by atoms with E-state index in [2.05, 4.69) is 20.9 Å². The summed E-state index contributed by atoms with van der Waals surface area (Å²) in [7, 11) is 1.80. The van der Waals surface area contributed by atoms with Crippen molar-refractivity contribution in [3.63, 3.8) is 0 Å². The van der Waals surface area contributed by atoms with Crippen LogP contribution in [-0.2, 0) is 0 Å². The van der Waals surface area contributed by atoms with Crippen molar-refractivity contribution in [3.05, 3.63) is 57.8 Å². The number of benzene rings is 1. The van der Waals surface area contributed by atoms with E-state index in [9.17, 15) is 4.79 Å². The Morgan fingerprint density at radius 3 is 2.57 bits per heavy atom. The van der Waals surface area contributed by atoms with E-state index in [0.29, 0.717) is 11.3 Å². The van der Waals surface area contributed by atoms with E-state index in [1.165, 1.54) is 0 Å². The number of aromatic nitrogens is 1. The summed E-state index contributed by atoms with van der Waals surface area (Å²) >= 11 is 3.39. The minimum absolute atomic E-state index is 0.0416. The summed E-state index contributed by atoms with van der Waals surface area (Å²) in [5, 5.41) is 0. The van der Waals surface area contributed by atoms with Gasteiger partial charge in [-0.05, 0) is 49.2 Å². The molecule has 4 nitrogen and oxygen atoms in total. The number of carbonyl (C=O) groups excluding carboxylic acids is 1. The number of anilines is 1. The number of nitrogens with zero attached hydrogens (tertiary/aromatic N) is 2. The van der Waals surface area contributed by atoms with Crippen LogP contribution in [0.15, 0.2) is 41.1 Å². The molecular formula is C16H18BrN3O. The number of rotatable bonds is 3. The molecule has 110 valence electrons. The molecule has 0 fully saturated rings. The predicted octanol–water partition coefficient (Wildman–Crippen LogP) is 3.57. The van der Waals surface area contributed by atoms with E-state index in [1.54, 1.807) is 30.4 Å². The van der Waals surface area contributed by atoms with Crippen LogP contribution in [0.4, 0.5) is 5.69 Å². The average molecular weight is 348 g/mol. The van der Waals surface area contributed by atoms with Gasteiger partial charge in [0.2, 0.25) is 0 Å². The van der Waals surface area contributed by atoms with Gasteiger partial charge in [-0.1, -0.05) is 15.9 Å². The zero-order valence-electron chi connectivity index (χ0n) is 12.3. The summed E-state index contributed by atoms with van der Waals surface area (Å²) in [5.74, 6) is -0.0511. The third-order valence-corrected chi connectivity index (χ3v) is 4.19. The molecule has 0 saturated carbocycles. The molecule has 2 N–H and O–H groups in total. The molecule has 1 aromatic carbocycles. The smallest absolute Gasteiger partial charge is 0.254 e. The molecule has 1 aromatic heterocycles. The predicted molar refractivity (Wildman–Crippen MR) is 88.0 cm³/mol. The molecule has 1 amide bonds. The summed E-state index contributed by atoms with van der Waals surface area (Å²) in [5.41, 5.74) is 9.01. The summed E-state index contributed by atoms with van der Waals surface area (Å²) < 4.78 is 0.805. The Kier molecular flexibility index (Phi) is 4.63. The lowest BCUT2D eigenvalue weighted by Crippen LogP contribution is -2.30. The molecule has 0 aliphatic heterocycles. The van der Waals surface area contributed by atoms with Gasteiger partial charge in [0, 0.05) is 35.2 Å². The maximum Gasteiger partial charge on any atom is 0.254 e. The Labute approximate surface area is 133 Å². The highest BCUT2D eigenvalue weighted by Gasteiger charge is 2.21. The van der Waals surface area contributed by atoms with Gasteiger partial charge in [0.25, 0.3) is 5.91 Å². The van der Waals surface area contributed by atoms with Crippen molar-refractivity contribution < 1.29 is 4.79 Å². The second-order valence-corrected chi connectivity index (χ2v) is 5.96. The first-order valence-electron chi connectivity index (χ1n) is 6.64. The Morgan fingerprint density at radius 1 is 1.33 bits per heavy atom. The molecule has 0 aliphatic rings. The maximum absolute atomic E-state index is 12.7. The summed E-state index contributed by atoms with van der Waals surface area (Å²) in [6.07, 6.45) is 3.46. The lowest BCUT2D eigenvalue weighted by molar-refractivity contribution is 0.0742. The summed E-state index contributed by atoms with van der Waals surface area (Å²) in [6, 6.07) is 7.40. The molecular weight excluding hydrogens is 330 g/mol. The minimum Gasteiger partial charge on any atom is -0.398 e. The fourth-order valence-corrected chi connectivity index (χ4v) is 2.63. The normalized spacial score (nSPS) is 12.0. The fourth-order valence-electron chi connectivity index (χ4n) is 2.15. The molecule has 1 unspecified atom stereocenters. The lowest BCUT2D eigenvalue weighted by atomic mass is 10.0. The van der Waals surface area contributed by atoms with E-state index >= 15 is 0 Å². The molecule has 5 heteroatoms. The third kappa shape index (κ3) is 3.24. The molecule has 1 atom stereocenters. The van der Waals surface area contributed by atoms with Gasteiger partial charge in [-0.2, -0.15) is 0 Å². The number of halogens is 1. The first-order valence-corrected chi connectivity index (χ1v) is 7.43. The molecule has 21 heavy (non-hydrogen) atoms. The van der Waals surface area contributed by atoms with Gasteiger partial charge >= 0.3 is 0 Å².